The van der Waals surface area contributed by atoms with Crippen molar-refractivity contribution >= 4 is 52.8 Å². The van der Waals surface area contributed by atoms with Crippen LogP contribution < -0.4 is 19.7 Å². The molecule has 10 heteroatoms. The maximum atomic E-state index is 13.5. The van der Waals surface area contributed by atoms with E-state index in [1.807, 2.05) is 0 Å². The quantitative estimate of drug-likeness (QED) is 0.288. The molecule has 1 aliphatic rings. The smallest absolute Gasteiger partial charge is 0.335 e. The Morgan fingerprint density at radius 2 is 1.78 bits per heavy atom. The van der Waals surface area contributed by atoms with E-state index in [0.717, 1.165) is 10.5 Å². The summed E-state index contributed by atoms with van der Waals surface area (Å²) in [6.45, 7) is 3.87. The van der Waals surface area contributed by atoms with E-state index >= 15 is 0 Å². The van der Waals surface area contributed by atoms with Gasteiger partial charge < -0.3 is 9.47 Å². The molecule has 1 saturated heterocycles. The molecule has 0 bridgehead atoms. The number of amides is 4. The van der Waals surface area contributed by atoms with Gasteiger partial charge in [0.1, 0.15) is 18.0 Å². The Morgan fingerprint density at radius 1 is 1.00 bits per heavy atom. The van der Waals surface area contributed by atoms with Gasteiger partial charge in [-0.05, 0) is 73.0 Å². The molecule has 190 valence electrons. The fraction of sp³-hybridized carbons (Fsp3) is 0.148. The summed E-state index contributed by atoms with van der Waals surface area (Å²) >= 11 is 12.6. The van der Waals surface area contributed by atoms with Crippen LogP contribution in [0.3, 0.4) is 0 Å². The number of halogens is 3. The van der Waals surface area contributed by atoms with Crippen molar-refractivity contribution in [2.45, 2.75) is 20.5 Å². The number of carbonyl (C=O) groups excluding carboxylic acids is 3. The van der Waals surface area contributed by atoms with Crippen molar-refractivity contribution in [3.05, 3.63) is 92.7 Å². The maximum absolute atomic E-state index is 13.5. The van der Waals surface area contributed by atoms with Crippen molar-refractivity contribution in [2.24, 2.45) is 0 Å². The number of anilines is 1. The van der Waals surface area contributed by atoms with Gasteiger partial charge in [0.2, 0.25) is 0 Å². The number of carbonyl (C=O) groups is 3. The zero-order valence-electron chi connectivity index (χ0n) is 19.8. The molecule has 0 spiro atoms. The molecule has 0 saturated carbocycles. The number of imide groups is 2. The summed E-state index contributed by atoms with van der Waals surface area (Å²) in [4.78, 5) is 39.1. The molecule has 4 rings (SSSR count). The van der Waals surface area contributed by atoms with Gasteiger partial charge in [-0.25, -0.2) is 14.1 Å². The zero-order chi connectivity index (χ0) is 26.7. The minimum Gasteiger partial charge on any atom is -0.490 e. The number of aryl methyl sites for hydroxylation is 1. The van der Waals surface area contributed by atoms with E-state index in [0.29, 0.717) is 16.1 Å². The molecule has 0 atom stereocenters. The molecule has 4 amide bonds. The van der Waals surface area contributed by atoms with Crippen molar-refractivity contribution in [3.8, 4) is 11.5 Å². The highest BCUT2D eigenvalue weighted by Gasteiger charge is 2.37. The predicted molar refractivity (Wildman–Crippen MR) is 139 cm³/mol. The number of rotatable bonds is 7. The van der Waals surface area contributed by atoms with Crippen LogP contribution in [0.25, 0.3) is 6.08 Å². The van der Waals surface area contributed by atoms with Crippen molar-refractivity contribution in [3.63, 3.8) is 0 Å². The summed E-state index contributed by atoms with van der Waals surface area (Å²) in [5.74, 6) is -1.59. The van der Waals surface area contributed by atoms with Crippen LogP contribution in [0.15, 0.2) is 60.2 Å². The number of barbiturate groups is 1. The van der Waals surface area contributed by atoms with Gasteiger partial charge in [-0.1, -0.05) is 41.4 Å². The largest absolute Gasteiger partial charge is 0.490 e. The predicted octanol–water partition coefficient (Wildman–Crippen LogP) is 6.09. The number of hydrogen-bond acceptors (Lipinski definition) is 5. The van der Waals surface area contributed by atoms with E-state index in [9.17, 15) is 18.8 Å². The van der Waals surface area contributed by atoms with Crippen molar-refractivity contribution in [1.29, 1.82) is 0 Å². The molecule has 3 aromatic carbocycles. The molecule has 1 heterocycles. The van der Waals surface area contributed by atoms with E-state index in [-0.39, 0.29) is 41.0 Å². The Labute approximate surface area is 222 Å². The number of ether oxygens (including phenoxy) is 2. The third kappa shape index (κ3) is 5.76. The van der Waals surface area contributed by atoms with Crippen LogP contribution in [0.1, 0.15) is 23.6 Å². The third-order valence-corrected chi connectivity index (χ3v) is 6.12. The average molecular weight is 543 g/mol. The first kappa shape index (κ1) is 26.2. The summed E-state index contributed by atoms with van der Waals surface area (Å²) in [7, 11) is 0. The molecule has 37 heavy (non-hydrogen) atoms. The van der Waals surface area contributed by atoms with Crippen molar-refractivity contribution < 1.29 is 28.2 Å². The van der Waals surface area contributed by atoms with Gasteiger partial charge in [0.05, 0.1) is 17.3 Å². The SMILES string of the molecule is CCOc1cc(/C=C2/C(=O)NC(=O)N(c3ccc(C)c(Cl)c3)C2=O)cc(Cl)c1OCc1cccc(F)c1. The van der Waals surface area contributed by atoms with Gasteiger partial charge >= 0.3 is 6.03 Å². The molecule has 0 aromatic heterocycles. The highest BCUT2D eigenvalue weighted by atomic mass is 35.5. The number of hydrogen-bond donors (Lipinski definition) is 1. The minimum atomic E-state index is -0.888. The summed E-state index contributed by atoms with van der Waals surface area (Å²) in [6, 6.07) is 12.8. The fourth-order valence-corrected chi connectivity index (χ4v) is 4.08. The minimum absolute atomic E-state index is 0.0368. The van der Waals surface area contributed by atoms with E-state index in [2.05, 4.69) is 5.32 Å². The zero-order valence-corrected chi connectivity index (χ0v) is 21.3. The molecular weight excluding hydrogens is 522 g/mol. The fourth-order valence-electron chi connectivity index (χ4n) is 3.64. The maximum Gasteiger partial charge on any atom is 0.335 e. The van der Waals surface area contributed by atoms with E-state index in [1.54, 1.807) is 44.2 Å². The monoisotopic (exact) mass is 542 g/mol. The van der Waals surface area contributed by atoms with E-state index in [1.165, 1.54) is 30.3 Å². The molecule has 1 aliphatic heterocycles. The summed E-state index contributed by atoms with van der Waals surface area (Å²) in [6.07, 6.45) is 1.30. The number of nitrogens with one attached hydrogen (secondary N) is 1. The van der Waals surface area contributed by atoms with Gasteiger partial charge in [0.15, 0.2) is 11.5 Å². The second-order valence-corrected chi connectivity index (χ2v) is 8.89. The Hall–Kier alpha value is -3.88. The molecule has 1 N–H and O–H groups in total. The molecule has 0 aliphatic carbocycles. The molecular formula is C27H21Cl2FN2O5. The molecule has 3 aromatic rings. The third-order valence-electron chi connectivity index (χ3n) is 5.43. The lowest BCUT2D eigenvalue weighted by atomic mass is 10.1. The van der Waals surface area contributed by atoms with Crippen LogP contribution in [0.4, 0.5) is 14.9 Å². The lowest BCUT2D eigenvalue weighted by molar-refractivity contribution is -0.122. The number of benzene rings is 3. The highest BCUT2D eigenvalue weighted by Crippen LogP contribution is 2.38. The second-order valence-electron chi connectivity index (χ2n) is 8.07. The highest BCUT2D eigenvalue weighted by molar-refractivity contribution is 6.39. The van der Waals surface area contributed by atoms with Gasteiger partial charge in [-0.3, -0.25) is 14.9 Å². The lowest BCUT2D eigenvalue weighted by Crippen LogP contribution is -2.54. The van der Waals surface area contributed by atoms with Crippen LogP contribution in [0.5, 0.6) is 11.5 Å². The Bertz CT molecular complexity index is 1440. The van der Waals surface area contributed by atoms with Crippen LogP contribution in [0.2, 0.25) is 10.0 Å². The first-order chi connectivity index (χ1) is 17.7. The number of urea groups is 1. The lowest BCUT2D eigenvalue weighted by Gasteiger charge is -2.26. The first-order valence-corrected chi connectivity index (χ1v) is 11.9. The van der Waals surface area contributed by atoms with Crippen LogP contribution >= 0.6 is 23.2 Å². The normalized spacial score (nSPS) is 14.7. The Balaban J connectivity index is 1.67. The van der Waals surface area contributed by atoms with Gasteiger partial charge in [0.25, 0.3) is 11.8 Å². The first-order valence-electron chi connectivity index (χ1n) is 11.2. The second kappa shape index (κ2) is 11.0. The van der Waals surface area contributed by atoms with Gasteiger partial charge in [0, 0.05) is 5.02 Å². The molecule has 0 unspecified atom stereocenters. The van der Waals surface area contributed by atoms with E-state index in [4.69, 9.17) is 32.7 Å². The Morgan fingerprint density at radius 3 is 2.49 bits per heavy atom. The van der Waals surface area contributed by atoms with Crippen LogP contribution in [-0.2, 0) is 16.2 Å². The standard InChI is InChI=1S/C27H21Cl2FN2O5/c1-3-36-23-12-17(11-22(29)24(23)37-14-16-5-4-6-18(30)9-16)10-20-25(33)31-27(35)32(26(20)34)19-8-7-15(2)21(28)13-19/h4-13H,3,14H2,1-2H3,(H,31,33,35)/b20-10-. The summed E-state index contributed by atoms with van der Waals surface area (Å²) in [5, 5.41) is 2.68. The van der Waals surface area contributed by atoms with Gasteiger partial charge in [-0.2, -0.15) is 0 Å². The van der Waals surface area contributed by atoms with Crippen molar-refractivity contribution in [1.82, 2.24) is 5.32 Å². The van der Waals surface area contributed by atoms with Gasteiger partial charge in [-0.15, -0.1) is 0 Å². The molecule has 1 fully saturated rings. The summed E-state index contributed by atoms with van der Waals surface area (Å²) < 4.78 is 25.0. The van der Waals surface area contributed by atoms with Crippen molar-refractivity contribution in [2.75, 3.05) is 11.5 Å². The van der Waals surface area contributed by atoms with E-state index < -0.39 is 23.7 Å². The summed E-state index contributed by atoms with van der Waals surface area (Å²) in [5.41, 5.74) is 1.64. The van der Waals surface area contributed by atoms with Crippen LogP contribution in [-0.4, -0.2) is 24.5 Å². The molecule has 0 radical (unpaired) electrons. The average Bonchev–Trinajstić information content (AvgIpc) is 2.83. The molecule has 7 nitrogen and oxygen atoms in total. The number of nitrogens with zero attached hydrogens (tertiary/aromatic N) is 1. The van der Waals surface area contributed by atoms with Crippen LogP contribution in [0, 0.1) is 12.7 Å². The Kier molecular flexibility index (Phi) is 7.80. The topological polar surface area (TPSA) is 84.9 Å².